The fourth-order valence-electron chi connectivity index (χ4n) is 4.20. The van der Waals surface area contributed by atoms with E-state index in [1.54, 1.807) is 24.3 Å². The molecule has 1 amide bonds. The molecule has 33 heavy (non-hydrogen) atoms. The lowest BCUT2D eigenvalue weighted by Crippen LogP contribution is -2.47. The molecule has 0 saturated carbocycles. The first-order chi connectivity index (χ1) is 16.0. The van der Waals surface area contributed by atoms with Crippen molar-refractivity contribution in [3.63, 3.8) is 0 Å². The molecular formula is C26H27F2N3O2. The maximum absolute atomic E-state index is 13.5. The molecule has 0 unspecified atom stereocenters. The van der Waals surface area contributed by atoms with E-state index in [9.17, 15) is 13.6 Å². The average molecular weight is 452 g/mol. The monoisotopic (exact) mass is 451 g/mol. The Kier molecular flexibility index (Phi) is 7.32. The number of rotatable bonds is 6. The van der Waals surface area contributed by atoms with Crippen molar-refractivity contribution in [1.29, 1.82) is 0 Å². The Labute approximate surface area is 192 Å². The van der Waals surface area contributed by atoms with E-state index in [0.29, 0.717) is 5.69 Å². The molecule has 0 radical (unpaired) electrons. The van der Waals surface area contributed by atoms with E-state index in [4.69, 9.17) is 0 Å². The van der Waals surface area contributed by atoms with Gasteiger partial charge in [-0.25, -0.2) is 13.6 Å². The van der Waals surface area contributed by atoms with Crippen molar-refractivity contribution < 1.29 is 18.3 Å². The molecule has 0 aliphatic carbocycles. The molecule has 0 aromatic heterocycles. The summed E-state index contributed by atoms with van der Waals surface area (Å²) in [4.78, 5) is 16.1. The Balaban J connectivity index is 1.41. The van der Waals surface area contributed by atoms with Crippen molar-refractivity contribution in [3.05, 3.63) is 101 Å². The number of hydrogen-bond acceptors (Lipinski definition) is 4. The number of methoxy groups -OCH3 is 1. The maximum atomic E-state index is 13.5. The average Bonchev–Trinajstić information content (AvgIpc) is 2.84. The normalized spacial score (nSPS) is 14.9. The lowest BCUT2D eigenvalue weighted by atomic mass is 9.96. The highest BCUT2D eigenvalue weighted by molar-refractivity contribution is 5.84. The van der Waals surface area contributed by atoms with Gasteiger partial charge in [0.25, 0.3) is 0 Å². The fraction of sp³-hybridized carbons (Fsp3) is 0.269. The number of benzene rings is 3. The van der Waals surface area contributed by atoms with Crippen LogP contribution in [0.4, 0.5) is 19.3 Å². The van der Waals surface area contributed by atoms with Gasteiger partial charge in [0.1, 0.15) is 11.6 Å². The molecule has 1 saturated heterocycles. The van der Waals surface area contributed by atoms with E-state index in [1.165, 1.54) is 31.4 Å². The minimum atomic E-state index is -0.490. The molecule has 5 nitrogen and oxygen atoms in total. The summed E-state index contributed by atoms with van der Waals surface area (Å²) in [6.07, 6.45) is -0.490. The van der Waals surface area contributed by atoms with Crippen molar-refractivity contribution in [3.8, 4) is 0 Å². The summed E-state index contributed by atoms with van der Waals surface area (Å²) in [7, 11) is 1.33. The molecule has 1 aliphatic heterocycles. The van der Waals surface area contributed by atoms with Gasteiger partial charge in [0.15, 0.2) is 0 Å². The molecule has 4 rings (SSSR count). The molecule has 7 heteroatoms. The minimum Gasteiger partial charge on any atom is -0.453 e. The Morgan fingerprint density at radius 3 is 1.85 bits per heavy atom. The minimum absolute atomic E-state index is 0.0583. The quantitative estimate of drug-likeness (QED) is 0.570. The molecule has 172 valence electrons. The highest BCUT2D eigenvalue weighted by atomic mass is 19.1. The lowest BCUT2D eigenvalue weighted by Gasteiger charge is -2.40. The lowest BCUT2D eigenvalue weighted by molar-refractivity contribution is 0.105. The Bertz CT molecular complexity index is 1000. The molecule has 0 atom stereocenters. The van der Waals surface area contributed by atoms with Crippen LogP contribution in [-0.4, -0.2) is 49.2 Å². The third kappa shape index (κ3) is 5.94. The van der Waals surface area contributed by atoms with E-state index in [1.807, 2.05) is 24.3 Å². The van der Waals surface area contributed by atoms with Gasteiger partial charge >= 0.3 is 6.09 Å². The van der Waals surface area contributed by atoms with Gasteiger partial charge in [0.05, 0.1) is 13.2 Å². The Morgan fingerprint density at radius 1 is 0.848 bits per heavy atom. The second-order valence-electron chi connectivity index (χ2n) is 8.13. The summed E-state index contributed by atoms with van der Waals surface area (Å²) in [6.45, 7) is 4.23. The number of amides is 1. The van der Waals surface area contributed by atoms with Gasteiger partial charge in [0, 0.05) is 38.4 Å². The predicted octanol–water partition coefficient (Wildman–Crippen LogP) is 5.05. The van der Waals surface area contributed by atoms with Crippen molar-refractivity contribution in [2.75, 3.05) is 38.6 Å². The zero-order valence-corrected chi connectivity index (χ0v) is 18.5. The number of ether oxygens (including phenoxy) is 1. The Hall–Kier alpha value is -3.29. The first kappa shape index (κ1) is 22.9. The molecule has 1 fully saturated rings. The topological polar surface area (TPSA) is 44.8 Å². The molecule has 1 heterocycles. The van der Waals surface area contributed by atoms with Crippen LogP contribution in [0.3, 0.4) is 0 Å². The highest BCUT2D eigenvalue weighted by Crippen LogP contribution is 2.30. The SMILES string of the molecule is COC(=O)Nc1ccc(CN2CCN(C(c3ccc(F)cc3)c3ccc(F)cc3)CC2)cc1. The standard InChI is InChI=1S/C26H27F2N3O2/c1-33-26(32)29-24-12-2-19(3-13-24)18-30-14-16-31(17-15-30)25(20-4-8-22(27)9-5-20)21-6-10-23(28)11-7-21/h2-13,25H,14-18H2,1H3,(H,29,32). The summed E-state index contributed by atoms with van der Waals surface area (Å²) >= 11 is 0. The van der Waals surface area contributed by atoms with Crippen LogP contribution in [-0.2, 0) is 11.3 Å². The van der Waals surface area contributed by atoms with Gasteiger partial charge < -0.3 is 4.74 Å². The number of piperazine rings is 1. The van der Waals surface area contributed by atoms with Gasteiger partial charge in [-0.1, -0.05) is 36.4 Å². The predicted molar refractivity (Wildman–Crippen MR) is 124 cm³/mol. The van der Waals surface area contributed by atoms with Crippen LogP contribution in [0.15, 0.2) is 72.8 Å². The van der Waals surface area contributed by atoms with Crippen molar-refractivity contribution in [2.24, 2.45) is 0 Å². The maximum Gasteiger partial charge on any atom is 0.411 e. The molecular weight excluding hydrogens is 424 g/mol. The van der Waals surface area contributed by atoms with Gasteiger partial charge in [-0.05, 0) is 53.1 Å². The number of halogens is 2. The summed E-state index contributed by atoms with van der Waals surface area (Å²) in [6, 6.07) is 20.8. The molecule has 3 aromatic rings. The zero-order chi connectivity index (χ0) is 23.2. The van der Waals surface area contributed by atoms with E-state index >= 15 is 0 Å². The van der Waals surface area contributed by atoms with E-state index in [0.717, 1.165) is 49.4 Å². The van der Waals surface area contributed by atoms with Crippen molar-refractivity contribution in [2.45, 2.75) is 12.6 Å². The van der Waals surface area contributed by atoms with Crippen LogP contribution in [0, 0.1) is 11.6 Å². The fourth-order valence-corrected chi connectivity index (χ4v) is 4.20. The second kappa shape index (κ2) is 10.6. The summed E-state index contributed by atoms with van der Waals surface area (Å²) in [5, 5.41) is 2.65. The second-order valence-corrected chi connectivity index (χ2v) is 8.13. The highest BCUT2D eigenvalue weighted by Gasteiger charge is 2.26. The molecule has 0 spiro atoms. The van der Waals surface area contributed by atoms with E-state index in [2.05, 4.69) is 19.9 Å². The number of nitrogens with zero attached hydrogens (tertiary/aromatic N) is 2. The van der Waals surface area contributed by atoms with Crippen molar-refractivity contribution in [1.82, 2.24) is 9.80 Å². The zero-order valence-electron chi connectivity index (χ0n) is 18.5. The first-order valence-electron chi connectivity index (χ1n) is 10.9. The van der Waals surface area contributed by atoms with E-state index < -0.39 is 6.09 Å². The summed E-state index contributed by atoms with van der Waals surface area (Å²) < 4.78 is 31.6. The third-order valence-corrected chi connectivity index (χ3v) is 5.94. The summed E-state index contributed by atoms with van der Waals surface area (Å²) in [5.41, 5.74) is 3.83. The van der Waals surface area contributed by atoms with Crippen LogP contribution in [0.2, 0.25) is 0 Å². The first-order valence-corrected chi connectivity index (χ1v) is 10.9. The number of carbonyl (C=O) groups excluding carboxylic acids is 1. The molecule has 3 aromatic carbocycles. The molecule has 1 aliphatic rings. The van der Waals surface area contributed by atoms with Gasteiger partial charge in [-0.3, -0.25) is 15.1 Å². The van der Waals surface area contributed by atoms with Crippen molar-refractivity contribution >= 4 is 11.8 Å². The van der Waals surface area contributed by atoms with Crippen LogP contribution in [0.25, 0.3) is 0 Å². The van der Waals surface area contributed by atoms with Crippen LogP contribution < -0.4 is 5.32 Å². The third-order valence-electron chi connectivity index (χ3n) is 5.94. The van der Waals surface area contributed by atoms with Gasteiger partial charge in [0.2, 0.25) is 0 Å². The number of anilines is 1. The summed E-state index contributed by atoms with van der Waals surface area (Å²) in [5.74, 6) is -0.538. The van der Waals surface area contributed by atoms with Crippen LogP contribution >= 0.6 is 0 Å². The van der Waals surface area contributed by atoms with Crippen LogP contribution in [0.5, 0.6) is 0 Å². The molecule has 1 N–H and O–H groups in total. The largest absolute Gasteiger partial charge is 0.453 e. The smallest absolute Gasteiger partial charge is 0.411 e. The van der Waals surface area contributed by atoms with Crippen LogP contribution in [0.1, 0.15) is 22.7 Å². The number of nitrogens with one attached hydrogen (secondary N) is 1. The van der Waals surface area contributed by atoms with Gasteiger partial charge in [-0.2, -0.15) is 0 Å². The number of hydrogen-bond donors (Lipinski definition) is 1. The number of carbonyl (C=O) groups is 1. The van der Waals surface area contributed by atoms with Gasteiger partial charge in [-0.15, -0.1) is 0 Å². The Morgan fingerprint density at radius 2 is 1.36 bits per heavy atom. The molecule has 0 bridgehead atoms. The van der Waals surface area contributed by atoms with E-state index in [-0.39, 0.29) is 17.7 Å².